The molecule has 0 aromatic rings. The van der Waals surface area contributed by atoms with Crippen LogP contribution < -0.4 is 5.32 Å². The van der Waals surface area contributed by atoms with E-state index in [1.54, 1.807) is 20.8 Å². The lowest BCUT2D eigenvalue weighted by atomic mass is 10.1. The molecule has 2 N–H and O–H groups in total. The van der Waals surface area contributed by atoms with E-state index >= 15 is 0 Å². The second-order valence-corrected chi connectivity index (χ2v) is 3.57. The molecule has 72 valence electrons. The normalized spacial score (nSPS) is 12.8. The van der Waals surface area contributed by atoms with Crippen LogP contribution in [-0.4, -0.2) is 29.1 Å². The van der Waals surface area contributed by atoms with E-state index in [1.807, 2.05) is 0 Å². The zero-order valence-corrected chi connectivity index (χ0v) is 7.32. The molecule has 0 unspecified atom stereocenters. The second kappa shape index (κ2) is 3.35. The highest BCUT2D eigenvalue weighted by Crippen LogP contribution is 2.13. The first-order valence-electron chi connectivity index (χ1n) is 3.50. The maximum absolute atomic E-state index is 12.4. The predicted molar refractivity (Wildman–Crippen MR) is 39.9 cm³/mol. The Morgan fingerprint density at radius 3 is 2.08 bits per heavy atom. The van der Waals surface area contributed by atoms with E-state index < -0.39 is 24.0 Å². The Balaban J connectivity index is 4.23. The average Bonchev–Trinajstić information content (AvgIpc) is 1.84. The highest BCUT2D eigenvalue weighted by molar-refractivity contribution is 5.84. The average molecular weight is 181 g/mol. The zero-order chi connectivity index (χ0) is 9.99. The summed E-state index contributed by atoms with van der Waals surface area (Å²) in [4.78, 5) is 10.7. The Morgan fingerprint density at radius 2 is 1.83 bits per heavy atom. The number of hydrogen-bond acceptors (Lipinski definition) is 2. The van der Waals surface area contributed by atoms with Gasteiger partial charge in [0.2, 0.25) is 0 Å². The van der Waals surface area contributed by atoms with Crippen LogP contribution in [0.1, 0.15) is 20.8 Å². The van der Waals surface area contributed by atoms with Gasteiger partial charge in [0.1, 0.15) is 6.61 Å². The Labute approximate surface area is 69.8 Å². The van der Waals surface area contributed by atoms with Crippen LogP contribution in [0.3, 0.4) is 0 Å². The minimum Gasteiger partial charge on any atom is -0.390 e. The van der Waals surface area contributed by atoms with E-state index in [-0.39, 0.29) is 0 Å². The number of aliphatic hydroxyl groups excluding tert-OH is 1. The molecule has 0 aliphatic carbocycles. The second-order valence-electron chi connectivity index (χ2n) is 3.57. The van der Waals surface area contributed by atoms with Gasteiger partial charge in [-0.2, -0.15) is 8.78 Å². The number of halogens is 2. The van der Waals surface area contributed by atoms with Crippen molar-refractivity contribution in [1.82, 2.24) is 5.32 Å². The van der Waals surface area contributed by atoms with Crippen LogP contribution in [0.15, 0.2) is 0 Å². The van der Waals surface area contributed by atoms with Crippen molar-refractivity contribution in [2.24, 2.45) is 0 Å². The van der Waals surface area contributed by atoms with Crippen LogP contribution in [0.4, 0.5) is 8.78 Å². The van der Waals surface area contributed by atoms with Crippen molar-refractivity contribution in [3.05, 3.63) is 0 Å². The van der Waals surface area contributed by atoms with E-state index in [9.17, 15) is 13.6 Å². The molecule has 0 fully saturated rings. The van der Waals surface area contributed by atoms with Crippen molar-refractivity contribution in [2.45, 2.75) is 32.2 Å². The van der Waals surface area contributed by atoms with Crippen LogP contribution in [0.5, 0.6) is 0 Å². The fourth-order valence-electron chi connectivity index (χ4n) is 0.504. The molecule has 12 heavy (non-hydrogen) atoms. The lowest BCUT2D eigenvalue weighted by molar-refractivity contribution is -0.152. The summed E-state index contributed by atoms with van der Waals surface area (Å²) in [6, 6.07) is 0. The van der Waals surface area contributed by atoms with E-state index in [0.717, 1.165) is 0 Å². The molecule has 0 aromatic carbocycles. The fourth-order valence-corrected chi connectivity index (χ4v) is 0.504. The van der Waals surface area contributed by atoms with Gasteiger partial charge in [0.05, 0.1) is 0 Å². The summed E-state index contributed by atoms with van der Waals surface area (Å²) in [7, 11) is 0. The van der Waals surface area contributed by atoms with E-state index in [4.69, 9.17) is 5.11 Å². The third-order valence-electron chi connectivity index (χ3n) is 1.02. The molecule has 0 spiro atoms. The monoisotopic (exact) mass is 181 g/mol. The molecule has 0 aromatic heterocycles. The first-order valence-corrected chi connectivity index (χ1v) is 3.50. The van der Waals surface area contributed by atoms with E-state index in [0.29, 0.717) is 0 Å². The molecule has 0 saturated heterocycles. The third-order valence-corrected chi connectivity index (χ3v) is 1.02. The minimum atomic E-state index is -3.69. The number of rotatable bonds is 2. The maximum atomic E-state index is 12.4. The van der Waals surface area contributed by atoms with Crippen LogP contribution in [-0.2, 0) is 4.79 Å². The lowest BCUT2D eigenvalue weighted by Crippen LogP contribution is -2.50. The molecule has 0 radical (unpaired) electrons. The van der Waals surface area contributed by atoms with Gasteiger partial charge < -0.3 is 10.4 Å². The summed E-state index contributed by atoms with van der Waals surface area (Å²) in [6.45, 7) is 3.28. The van der Waals surface area contributed by atoms with Gasteiger partial charge >= 0.3 is 5.92 Å². The Kier molecular flexibility index (Phi) is 3.15. The van der Waals surface area contributed by atoms with Crippen molar-refractivity contribution in [3.8, 4) is 0 Å². The van der Waals surface area contributed by atoms with Crippen LogP contribution >= 0.6 is 0 Å². The minimum absolute atomic E-state index is 0.713. The Bertz CT molecular complexity index is 175. The van der Waals surface area contributed by atoms with Crippen molar-refractivity contribution in [2.75, 3.05) is 6.61 Å². The molecule has 0 rings (SSSR count). The molecule has 3 nitrogen and oxygen atoms in total. The molecule has 0 atom stereocenters. The molecule has 0 aliphatic rings. The highest BCUT2D eigenvalue weighted by atomic mass is 19.3. The molecule has 0 saturated carbocycles. The number of carbonyl (C=O) groups is 1. The van der Waals surface area contributed by atoms with Crippen molar-refractivity contribution in [3.63, 3.8) is 0 Å². The zero-order valence-electron chi connectivity index (χ0n) is 7.32. The maximum Gasteiger partial charge on any atom is 0.346 e. The van der Waals surface area contributed by atoms with Gasteiger partial charge in [-0.3, -0.25) is 4.79 Å². The van der Waals surface area contributed by atoms with E-state index in [1.165, 1.54) is 0 Å². The Hall–Kier alpha value is -0.710. The van der Waals surface area contributed by atoms with E-state index in [2.05, 4.69) is 5.32 Å². The van der Waals surface area contributed by atoms with Crippen LogP contribution in [0.2, 0.25) is 0 Å². The first-order chi connectivity index (χ1) is 5.19. The van der Waals surface area contributed by atoms with Gasteiger partial charge in [0.25, 0.3) is 5.91 Å². The number of hydrogen-bond donors (Lipinski definition) is 2. The van der Waals surface area contributed by atoms with Crippen molar-refractivity contribution >= 4 is 5.91 Å². The van der Waals surface area contributed by atoms with Gasteiger partial charge in [0, 0.05) is 5.54 Å². The van der Waals surface area contributed by atoms with Gasteiger partial charge in [-0.15, -0.1) is 0 Å². The summed E-state index contributed by atoms with van der Waals surface area (Å²) in [5.41, 5.74) is -0.713. The summed E-state index contributed by atoms with van der Waals surface area (Å²) in [6.07, 6.45) is 0. The van der Waals surface area contributed by atoms with Crippen molar-refractivity contribution in [1.29, 1.82) is 0 Å². The number of nitrogens with one attached hydrogen (secondary N) is 1. The smallest absolute Gasteiger partial charge is 0.346 e. The summed E-state index contributed by atoms with van der Waals surface area (Å²) in [5, 5.41) is 10.2. The van der Waals surface area contributed by atoms with Gasteiger partial charge in [0.15, 0.2) is 0 Å². The van der Waals surface area contributed by atoms with Crippen LogP contribution in [0.25, 0.3) is 0 Å². The van der Waals surface area contributed by atoms with Gasteiger partial charge in [-0.05, 0) is 20.8 Å². The Morgan fingerprint density at radius 1 is 1.42 bits per heavy atom. The number of amides is 1. The fraction of sp³-hybridized carbons (Fsp3) is 0.857. The molecule has 0 bridgehead atoms. The molecule has 5 heteroatoms. The molecular formula is C7H13F2NO2. The molecule has 0 aliphatic heterocycles. The predicted octanol–water partition coefficient (Wildman–Crippen LogP) is 0.529. The first kappa shape index (κ1) is 11.3. The van der Waals surface area contributed by atoms with Crippen molar-refractivity contribution < 1.29 is 18.7 Å². The largest absolute Gasteiger partial charge is 0.390 e. The summed E-state index contributed by atoms with van der Waals surface area (Å²) in [5.74, 6) is -5.13. The highest BCUT2D eigenvalue weighted by Gasteiger charge is 2.39. The standard InChI is InChI=1S/C7H13F2NO2/c1-6(2,3)10-5(12)7(8,9)4-11/h11H,4H2,1-3H3,(H,10,12). The quantitative estimate of drug-likeness (QED) is 0.652. The van der Waals surface area contributed by atoms with Gasteiger partial charge in [-0.1, -0.05) is 0 Å². The number of alkyl halides is 2. The topological polar surface area (TPSA) is 49.3 Å². The molecular weight excluding hydrogens is 168 g/mol. The molecule has 1 amide bonds. The summed E-state index contributed by atoms with van der Waals surface area (Å²) >= 11 is 0. The SMILES string of the molecule is CC(C)(C)NC(=O)C(F)(F)CO. The van der Waals surface area contributed by atoms with Gasteiger partial charge in [-0.25, -0.2) is 0 Å². The number of aliphatic hydroxyl groups is 1. The number of carbonyl (C=O) groups excluding carboxylic acids is 1. The molecule has 0 heterocycles. The summed E-state index contributed by atoms with van der Waals surface area (Å²) < 4.78 is 24.8. The van der Waals surface area contributed by atoms with Crippen LogP contribution in [0, 0.1) is 0 Å². The third kappa shape index (κ3) is 3.61. The lowest BCUT2D eigenvalue weighted by Gasteiger charge is -2.23.